The van der Waals surface area contributed by atoms with Gasteiger partial charge in [0.25, 0.3) is 0 Å². The average molecular weight is 238 g/mol. The summed E-state index contributed by atoms with van der Waals surface area (Å²) in [5.41, 5.74) is 1.07. The van der Waals surface area contributed by atoms with Crippen LogP contribution >= 0.6 is 0 Å². The van der Waals surface area contributed by atoms with Gasteiger partial charge in [0.05, 0.1) is 5.75 Å². The van der Waals surface area contributed by atoms with Gasteiger partial charge in [0, 0.05) is 28.9 Å². The number of rotatable bonds is 4. The predicted octanol–water partition coefficient (Wildman–Crippen LogP) is 1.33. The number of aromatic nitrogens is 1. The molecular formula is C12H18N2OS. The van der Waals surface area contributed by atoms with E-state index in [1.807, 2.05) is 12.1 Å². The molecule has 1 aliphatic heterocycles. The van der Waals surface area contributed by atoms with Crippen LogP contribution in [0.25, 0.3) is 0 Å². The van der Waals surface area contributed by atoms with Gasteiger partial charge >= 0.3 is 0 Å². The minimum Gasteiger partial charge on any atom is -0.316 e. The maximum atomic E-state index is 11.9. The van der Waals surface area contributed by atoms with E-state index in [-0.39, 0.29) is 0 Å². The lowest BCUT2D eigenvalue weighted by atomic mass is 10.0. The Morgan fingerprint density at radius 3 is 3.19 bits per heavy atom. The molecule has 3 nitrogen and oxygen atoms in total. The normalized spacial score (nSPS) is 22.9. The summed E-state index contributed by atoms with van der Waals surface area (Å²) >= 11 is 0. The van der Waals surface area contributed by atoms with Crippen LogP contribution in [0.15, 0.2) is 24.5 Å². The van der Waals surface area contributed by atoms with Gasteiger partial charge in [0.2, 0.25) is 0 Å². The van der Waals surface area contributed by atoms with Crippen molar-refractivity contribution in [2.24, 2.45) is 5.92 Å². The molecule has 16 heavy (non-hydrogen) atoms. The molecule has 1 aromatic heterocycles. The van der Waals surface area contributed by atoms with Gasteiger partial charge in [0.15, 0.2) is 0 Å². The van der Waals surface area contributed by atoms with Crippen molar-refractivity contribution in [1.82, 2.24) is 10.3 Å². The van der Waals surface area contributed by atoms with Crippen molar-refractivity contribution in [1.29, 1.82) is 0 Å². The van der Waals surface area contributed by atoms with Crippen LogP contribution in [0, 0.1) is 5.92 Å². The molecule has 2 atom stereocenters. The van der Waals surface area contributed by atoms with E-state index in [2.05, 4.69) is 10.3 Å². The van der Waals surface area contributed by atoms with Gasteiger partial charge in [-0.2, -0.15) is 0 Å². The molecule has 0 aromatic carbocycles. The molecule has 1 fully saturated rings. The maximum Gasteiger partial charge on any atom is 0.0500 e. The lowest BCUT2D eigenvalue weighted by Gasteiger charge is -2.22. The molecule has 0 saturated carbocycles. The third kappa shape index (κ3) is 3.68. The van der Waals surface area contributed by atoms with Gasteiger partial charge in [0.1, 0.15) is 0 Å². The Morgan fingerprint density at radius 2 is 2.50 bits per heavy atom. The Hall–Kier alpha value is -0.740. The van der Waals surface area contributed by atoms with Crippen LogP contribution in [0.4, 0.5) is 0 Å². The van der Waals surface area contributed by atoms with E-state index in [0.717, 1.165) is 24.4 Å². The third-order valence-electron chi connectivity index (χ3n) is 2.87. The summed E-state index contributed by atoms with van der Waals surface area (Å²) in [6.45, 7) is 2.14. The fraction of sp³-hybridized carbons (Fsp3) is 0.583. The molecule has 0 amide bonds. The van der Waals surface area contributed by atoms with Crippen molar-refractivity contribution < 1.29 is 4.21 Å². The Labute approximate surface area is 99.1 Å². The highest BCUT2D eigenvalue weighted by atomic mass is 32.2. The van der Waals surface area contributed by atoms with Crippen LogP contribution in [-0.2, 0) is 16.6 Å². The van der Waals surface area contributed by atoms with Crippen LogP contribution < -0.4 is 5.32 Å². The molecule has 2 heterocycles. The summed E-state index contributed by atoms with van der Waals surface area (Å²) in [7, 11) is -0.749. The van der Waals surface area contributed by atoms with Crippen LogP contribution in [0.2, 0.25) is 0 Å². The summed E-state index contributed by atoms with van der Waals surface area (Å²) in [5, 5.41) is 3.36. The molecule has 0 aliphatic carbocycles. The molecule has 1 aliphatic rings. The van der Waals surface area contributed by atoms with Crippen molar-refractivity contribution in [3.05, 3.63) is 30.1 Å². The molecule has 0 spiro atoms. The van der Waals surface area contributed by atoms with Crippen molar-refractivity contribution in [3.8, 4) is 0 Å². The quantitative estimate of drug-likeness (QED) is 0.860. The second-order valence-corrected chi connectivity index (χ2v) is 5.83. The first-order valence-electron chi connectivity index (χ1n) is 5.79. The van der Waals surface area contributed by atoms with Gasteiger partial charge in [-0.3, -0.25) is 9.19 Å². The van der Waals surface area contributed by atoms with Crippen molar-refractivity contribution in [3.63, 3.8) is 0 Å². The summed E-state index contributed by atoms with van der Waals surface area (Å²) in [6, 6.07) is 3.89. The highest BCUT2D eigenvalue weighted by molar-refractivity contribution is 7.84. The molecule has 88 valence electrons. The largest absolute Gasteiger partial charge is 0.316 e. The predicted molar refractivity (Wildman–Crippen MR) is 66.5 cm³/mol. The zero-order valence-corrected chi connectivity index (χ0v) is 10.2. The second-order valence-electron chi connectivity index (χ2n) is 4.32. The highest BCUT2D eigenvalue weighted by Crippen LogP contribution is 2.13. The minimum absolute atomic E-state index is 0.589. The zero-order chi connectivity index (χ0) is 11.2. The third-order valence-corrected chi connectivity index (χ3v) is 4.37. The number of hydrogen-bond donors (Lipinski definition) is 1. The Kier molecular flexibility index (Phi) is 4.48. The van der Waals surface area contributed by atoms with Gasteiger partial charge in [-0.25, -0.2) is 0 Å². The van der Waals surface area contributed by atoms with Crippen LogP contribution in [0.5, 0.6) is 0 Å². The molecule has 0 bridgehead atoms. The summed E-state index contributed by atoms with van der Waals surface area (Å²) in [4.78, 5) is 4.04. The van der Waals surface area contributed by atoms with E-state index in [4.69, 9.17) is 0 Å². The molecule has 0 unspecified atom stereocenters. The van der Waals surface area contributed by atoms with Crippen molar-refractivity contribution in [2.45, 2.75) is 18.6 Å². The van der Waals surface area contributed by atoms with E-state index in [9.17, 15) is 4.21 Å². The Morgan fingerprint density at radius 1 is 1.56 bits per heavy atom. The van der Waals surface area contributed by atoms with Gasteiger partial charge in [-0.05, 0) is 43.5 Å². The standard InChI is InChI=1S/C12H18N2OS/c15-16(9-11-3-1-5-13-7-11)10-12-4-2-6-14-8-12/h1,3,5,7,12,14H,2,4,6,8-10H2/t12-,16+/m1/s1. The zero-order valence-electron chi connectivity index (χ0n) is 9.39. The molecule has 1 saturated heterocycles. The Balaban J connectivity index is 1.80. The highest BCUT2D eigenvalue weighted by Gasteiger charge is 2.15. The van der Waals surface area contributed by atoms with Crippen LogP contribution in [0.3, 0.4) is 0 Å². The molecule has 2 rings (SSSR count). The van der Waals surface area contributed by atoms with Crippen molar-refractivity contribution in [2.75, 3.05) is 18.8 Å². The lowest BCUT2D eigenvalue weighted by molar-refractivity contribution is 0.408. The van der Waals surface area contributed by atoms with E-state index in [0.29, 0.717) is 11.7 Å². The fourth-order valence-electron chi connectivity index (χ4n) is 2.06. The number of nitrogens with zero attached hydrogens (tertiary/aromatic N) is 1. The second kappa shape index (κ2) is 6.11. The topological polar surface area (TPSA) is 42.0 Å². The number of hydrogen-bond acceptors (Lipinski definition) is 3. The monoisotopic (exact) mass is 238 g/mol. The minimum atomic E-state index is -0.749. The van der Waals surface area contributed by atoms with E-state index in [1.165, 1.54) is 12.8 Å². The summed E-state index contributed by atoms with van der Waals surface area (Å²) in [6.07, 6.45) is 5.98. The summed E-state index contributed by atoms with van der Waals surface area (Å²) in [5.74, 6) is 2.05. The molecular weight excluding hydrogens is 220 g/mol. The molecule has 1 N–H and O–H groups in total. The smallest absolute Gasteiger partial charge is 0.0500 e. The van der Waals surface area contributed by atoms with Crippen LogP contribution in [-0.4, -0.2) is 28.0 Å². The number of nitrogens with one attached hydrogen (secondary N) is 1. The van der Waals surface area contributed by atoms with E-state index < -0.39 is 10.8 Å². The van der Waals surface area contributed by atoms with Gasteiger partial charge < -0.3 is 5.32 Å². The summed E-state index contributed by atoms with van der Waals surface area (Å²) < 4.78 is 11.9. The molecule has 4 heteroatoms. The van der Waals surface area contributed by atoms with Crippen molar-refractivity contribution >= 4 is 10.8 Å². The molecule has 0 radical (unpaired) electrons. The van der Waals surface area contributed by atoms with E-state index in [1.54, 1.807) is 12.4 Å². The first-order valence-corrected chi connectivity index (χ1v) is 7.28. The van der Waals surface area contributed by atoms with E-state index >= 15 is 0 Å². The Bertz CT molecular complexity index is 336. The first-order chi connectivity index (χ1) is 7.84. The van der Waals surface area contributed by atoms with Gasteiger partial charge in [-0.1, -0.05) is 6.07 Å². The maximum absolute atomic E-state index is 11.9. The lowest BCUT2D eigenvalue weighted by Crippen LogP contribution is -2.32. The first kappa shape index (κ1) is 11.7. The SMILES string of the molecule is O=[S@@](Cc1cccnc1)C[C@@H]1CCCNC1. The van der Waals surface area contributed by atoms with Gasteiger partial charge in [-0.15, -0.1) is 0 Å². The number of piperidine rings is 1. The average Bonchev–Trinajstić information content (AvgIpc) is 2.31. The van der Waals surface area contributed by atoms with Crippen LogP contribution in [0.1, 0.15) is 18.4 Å². The fourth-order valence-corrected chi connectivity index (χ4v) is 3.53. The molecule has 1 aromatic rings. The number of pyridine rings is 1.